The number of rotatable bonds is 2. The van der Waals surface area contributed by atoms with E-state index >= 15 is 0 Å². The lowest BCUT2D eigenvalue weighted by Crippen LogP contribution is -2.44. The number of amides is 1. The highest BCUT2D eigenvalue weighted by atomic mass is 19.4. The van der Waals surface area contributed by atoms with Crippen LogP contribution in [0.25, 0.3) is 0 Å². The molecule has 2 heterocycles. The van der Waals surface area contributed by atoms with Crippen molar-refractivity contribution < 1.29 is 27.9 Å². The summed E-state index contributed by atoms with van der Waals surface area (Å²) in [6.07, 6.45) is 1.08. The number of carboxylic acid groups (broad SMARTS) is 1. The molecule has 0 aromatic heterocycles. The predicted molar refractivity (Wildman–Crippen MR) is 76.8 cm³/mol. The molecule has 5 nitrogen and oxygen atoms in total. The number of alkyl halides is 3. The summed E-state index contributed by atoms with van der Waals surface area (Å²) in [5.41, 5.74) is 0.0365. The Morgan fingerprint density at radius 1 is 1.22 bits per heavy atom. The Morgan fingerprint density at radius 3 is 2.04 bits per heavy atom. The molecular weight excluding hydrogens is 313 g/mol. The molecule has 1 amide bonds. The van der Waals surface area contributed by atoms with Gasteiger partial charge in [-0.3, -0.25) is 4.79 Å². The van der Waals surface area contributed by atoms with Crippen molar-refractivity contribution in [3.05, 3.63) is 0 Å². The molecule has 1 N–H and O–H groups in total. The fourth-order valence-corrected chi connectivity index (χ4v) is 3.29. The third-order valence-electron chi connectivity index (χ3n) is 5.00. The molecule has 0 aromatic rings. The molecule has 0 aromatic carbocycles. The maximum Gasteiger partial charge on any atom is 0.490 e. The Labute approximate surface area is 133 Å². The minimum absolute atomic E-state index is 0.0365. The van der Waals surface area contributed by atoms with Crippen molar-refractivity contribution in [2.45, 2.75) is 38.3 Å². The van der Waals surface area contributed by atoms with Crippen molar-refractivity contribution in [3.8, 4) is 0 Å². The van der Waals surface area contributed by atoms with E-state index < -0.39 is 12.1 Å². The number of halogens is 3. The number of likely N-dealkylation sites (tertiary alicyclic amines) is 2. The number of carbonyl (C=O) groups excluding carboxylic acids is 1. The van der Waals surface area contributed by atoms with E-state index in [1.807, 2.05) is 11.9 Å². The zero-order chi connectivity index (χ0) is 17.3. The summed E-state index contributed by atoms with van der Waals surface area (Å²) < 4.78 is 31.7. The largest absolute Gasteiger partial charge is 0.490 e. The first-order chi connectivity index (χ1) is 10.6. The van der Waals surface area contributed by atoms with Crippen molar-refractivity contribution in [1.82, 2.24) is 9.80 Å². The van der Waals surface area contributed by atoms with Gasteiger partial charge in [-0.25, -0.2) is 4.79 Å². The van der Waals surface area contributed by atoms with Gasteiger partial charge in [0.1, 0.15) is 0 Å². The average molecular weight is 336 g/mol. The first kappa shape index (κ1) is 18.0. The molecule has 0 unspecified atom stereocenters. The Balaban J connectivity index is 0.000000236. The lowest BCUT2D eigenvalue weighted by molar-refractivity contribution is -0.192. The van der Waals surface area contributed by atoms with Crippen LogP contribution in [0.3, 0.4) is 0 Å². The van der Waals surface area contributed by atoms with Crippen LogP contribution in [0, 0.1) is 11.3 Å². The quantitative estimate of drug-likeness (QED) is 0.838. The molecule has 8 heteroatoms. The fourth-order valence-electron chi connectivity index (χ4n) is 3.29. The van der Waals surface area contributed by atoms with E-state index in [0.717, 1.165) is 44.8 Å². The monoisotopic (exact) mass is 336 g/mol. The van der Waals surface area contributed by atoms with Gasteiger partial charge in [0.05, 0.1) is 5.41 Å². The highest BCUT2D eigenvalue weighted by Gasteiger charge is 2.47. The summed E-state index contributed by atoms with van der Waals surface area (Å²) >= 11 is 0. The second-order valence-electron chi connectivity index (χ2n) is 6.80. The smallest absolute Gasteiger partial charge is 0.475 e. The summed E-state index contributed by atoms with van der Waals surface area (Å²) in [4.78, 5) is 25.5. The van der Waals surface area contributed by atoms with Crippen LogP contribution in [0.1, 0.15) is 32.1 Å². The van der Waals surface area contributed by atoms with Gasteiger partial charge in [-0.2, -0.15) is 13.2 Å². The zero-order valence-corrected chi connectivity index (χ0v) is 13.2. The summed E-state index contributed by atoms with van der Waals surface area (Å²) in [6, 6.07) is 0. The first-order valence-corrected chi connectivity index (χ1v) is 7.92. The highest BCUT2D eigenvalue weighted by molar-refractivity contribution is 5.84. The van der Waals surface area contributed by atoms with E-state index in [9.17, 15) is 18.0 Å². The van der Waals surface area contributed by atoms with Crippen LogP contribution in [-0.2, 0) is 9.59 Å². The maximum absolute atomic E-state index is 12.1. The van der Waals surface area contributed by atoms with Gasteiger partial charge in [0.15, 0.2) is 0 Å². The van der Waals surface area contributed by atoms with Gasteiger partial charge < -0.3 is 14.9 Å². The van der Waals surface area contributed by atoms with E-state index in [2.05, 4.69) is 4.90 Å². The van der Waals surface area contributed by atoms with Crippen LogP contribution in [0.5, 0.6) is 0 Å². The van der Waals surface area contributed by atoms with Crippen LogP contribution < -0.4 is 0 Å². The van der Waals surface area contributed by atoms with E-state index in [4.69, 9.17) is 9.90 Å². The van der Waals surface area contributed by atoms with Crippen molar-refractivity contribution in [2.75, 3.05) is 33.2 Å². The van der Waals surface area contributed by atoms with Crippen molar-refractivity contribution >= 4 is 11.9 Å². The molecule has 0 atom stereocenters. The normalized spacial score (nSPS) is 24.5. The van der Waals surface area contributed by atoms with Gasteiger partial charge in [-0.05, 0) is 51.1 Å². The molecule has 3 fully saturated rings. The third-order valence-corrected chi connectivity index (χ3v) is 5.00. The Bertz CT molecular complexity index is 455. The lowest BCUT2D eigenvalue weighted by Gasteiger charge is -2.37. The Morgan fingerprint density at radius 2 is 1.70 bits per heavy atom. The van der Waals surface area contributed by atoms with E-state index in [1.54, 1.807) is 0 Å². The molecule has 1 aliphatic carbocycles. The van der Waals surface area contributed by atoms with Crippen molar-refractivity contribution in [2.24, 2.45) is 11.3 Å². The molecule has 2 saturated heterocycles. The topological polar surface area (TPSA) is 60.9 Å². The SMILES string of the molecule is CN1CCC2(CCN(CC3CC3)CC2)C1=O.O=C(O)C(F)(F)F. The minimum Gasteiger partial charge on any atom is -0.475 e. The minimum atomic E-state index is -5.08. The predicted octanol–water partition coefficient (Wildman–Crippen LogP) is 1.97. The van der Waals surface area contributed by atoms with Crippen LogP contribution >= 0.6 is 0 Å². The average Bonchev–Trinajstić information content (AvgIpc) is 3.25. The van der Waals surface area contributed by atoms with E-state index in [1.165, 1.54) is 19.4 Å². The van der Waals surface area contributed by atoms with E-state index in [0.29, 0.717) is 5.91 Å². The summed E-state index contributed by atoms with van der Waals surface area (Å²) in [5.74, 6) is -1.36. The molecular formula is C15H23F3N2O3. The van der Waals surface area contributed by atoms with Gasteiger partial charge in [0.2, 0.25) is 5.91 Å². The van der Waals surface area contributed by atoms with Crippen LogP contribution in [0.15, 0.2) is 0 Å². The number of aliphatic carboxylic acids is 1. The van der Waals surface area contributed by atoms with Gasteiger partial charge >= 0.3 is 12.1 Å². The number of nitrogens with zero attached hydrogens (tertiary/aromatic N) is 2. The van der Waals surface area contributed by atoms with Crippen LogP contribution in [0.2, 0.25) is 0 Å². The molecule has 0 radical (unpaired) electrons. The lowest BCUT2D eigenvalue weighted by atomic mass is 9.77. The number of carbonyl (C=O) groups is 2. The molecule has 1 spiro atoms. The number of hydrogen-bond donors (Lipinski definition) is 1. The van der Waals surface area contributed by atoms with Crippen LogP contribution in [-0.4, -0.2) is 66.2 Å². The first-order valence-electron chi connectivity index (χ1n) is 7.92. The van der Waals surface area contributed by atoms with Gasteiger partial charge in [-0.15, -0.1) is 0 Å². The zero-order valence-electron chi connectivity index (χ0n) is 13.2. The number of piperidine rings is 1. The van der Waals surface area contributed by atoms with E-state index in [-0.39, 0.29) is 5.41 Å². The molecule has 132 valence electrons. The molecule has 23 heavy (non-hydrogen) atoms. The van der Waals surface area contributed by atoms with Gasteiger partial charge in [0, 0.05) is 20.1 Å². The second kappa shape index (κ2) is 6.67. The number of hydrogen-bond acceptors (Lipinski definition) is 3. The second-order valence-corrected chi connectivity index (χ2v) is 6.80. The number of carboxylic acids is 1. The van der Waals surface area contributed by atoms with Gasteiger partial charge in [-0.1, -0.05) is 0 Å². The standard InChI is InChI=1S/C13H22N2O.C2HF3O2/c1-14-7-4-13(12(14)16)5-8-15(9-6-13)10-11-2-3-11;3-2(4,5)1(6)7/h11H,2-10H2,1H3;(H,6,7). The molecule has 3 aliphatic rings. The van der Waals surface area contributed by atoms with Crippen molar-refractivity contribution in [1.29, 1.82) is 0 Å². The Hall–Kier alpha value is -1.31. The summed E-state index contributed by atoms with van der Waals surface area (Å²) in [5, 5.41) is 7.12. The maximum atomic E-state index is 12.1. The Kier molecular flexibility index (Phi) is 5.23. The van der Waals surface area contributed by atoms with Gasteiger partial charge in [0.25, 0.3) is 0 Å². The fraction of sp³-hybridized carbons (Fsp3) is 0.867. The summed E-state index contributed by atoms with van der Waals surface area (Å²) in [7, 11) is 1.95. The third kappa shape index (κ3) is 4.59. The molecule has 2 aliphatic heterocycles. The summed E-state index contributed by atoms with van der Waals surface area (Å²) in [6.45, 7) is 4.56. The molecule has 0 bridgehead atoms. The van der Waals surface area contributed by atoms with Crippen LogP contribution in [0.4, 0.5) is 13.2 Å². The highest BCUT2D eigenvalue weighted by Crippen LogP contribution is 2.41. The van der Waals surface area contributed by atoms with Crippen molar-refractivity contribution in [3.63, 3.8) is 0 Å². The molecule has 3 rings (SSSR count). The molecule has 1 saturated carbocycles.